The van der Waals surface area contributed by atoms with Crippen LogP contribution in [0.4, 0.5) is 5.69 Å². The number of hydrogen-bond acceptors (Lipinski definition) is 5. The van der Waals surface area contributed by atoms with Crippen LogP contribution >= 0.6 is 35.6 Å². The van der Waals surface area contributed by atoms with Crippen molar-refractivity contribution in [2.75, 3.05) is 24.2 Å². The van der Waals surface area contributed by atoms with Crippen LogP contribution in [0.5, 0.6) is 11.5 Å². The summed E-state index contributed by atoms with van der Waals surface area (Å²) in [4.78, 5) is 26.9. The maximum atomic E-state index is 12.5. The van der Waals surface area contributed by atoms with Gasteiger partial charge in [-0.15, -0.1) is 0 Å². The number of halogens is 1. The van der Waals surface area contributed by atoms with Crippen molar-refractivity contribution in [3.8, 4) is 11.5 Å². The topological polar surface area (TPSA) is 63.6 Å². The lowest BCUT2D eigenvalue weighted by atomic mass is 9.83. The van der Waals surface area contributed by atoms with Crippen LogP contribution in [-0.2, 0) is 11.3 Å². The Hall–Kier alpha value is -2.81. The molecule has 1 N–H and O–H groups in total. The molecule has 5 rings (SSSR count). The fourth-order valence-corrected chi connectivity index (χ4v) is 5.82. The summed E-state index contributed by atoms with van der Waals surface area (Å²) in [5.41, 5.74) is 1.86. The summed E-state index contributed by atoms with van der Waals surface area (Å²) in [6.45, 7) is 2.33. The first kappa shape index (κ1) is 23.9. The van der Waals surface area contributed by atoms with Gasteiger partial charge in [0.1, 0.15) is 15.8 Å². The van der Waals surface area contributed by atoms with Gasteiger partial charge in [0.2, 0.25) is 5.91 Å². The molecular weight excluding hydrogens is 502 g/mol. The highest BCUT2D eigenvalue weighted by molar-refractivity contribution is 8.23. The minimum atomic E-state index is -0.113. The monoisotopic (exact) mass is 525 g/mol. The molecule has 0 radical (unpaired) electrons. The summed E-state index contributed by atoms with van der Waals surface area (Å²) >= 11 is 12.9. The van der Waals surface area contributed by atoms with Gasteiger partial charge < -0.3 is 19.5 Å². The Morgan fingerprint density at radius 3 is 2.49 bits per heavy atom. The highest BCUT2D eigenvalue weighted by Gasteiger charge is 2.35. The van der Waals surface area contributed by atoms with Crippen LogP contribution in [0.15, 0.2) is 71.5 Å². The number of carbonyl (C=O) groups is 1. The number of thiocarbonyl (C=S) groups is 1. The molecule has 3 heterocycles. The fraction of sp³-hybridized carbons (Fsp3) is 0.269. The Morgan fingerprint density at radius 1 is 1.03 bits per heavy atom. The van der Waals surface area contributed by atoms with Gasteiger partial charge in [-0.05, 0) is 66.9 Å². The van der Waals surface area contributed by atoms with Crippen LogP contribution in [-0.4, -0.2) is 38.5 Å². The van der Waals surface area contributed by atoms with E-state index < -0.39 is 0 Å². The van der Waals surface area contributed by atoms with E-state index in [4.69, 9.17) is 28.6 Å². The van der Waals surface area contributed by atoms with Crippen molar-refractivity contribution >= 4 is 51.5 Å². The lowest BCUT2D eigenvalue weighted by Gasteiger charge is -2.43. The molecule has 1 fully saturated rings. The number of rotatable bonds is 5. The first-order valence-electron chi connectivity index (χ1n) is 11.4. The Morgan fingerprint density at radius 2 is 1.74 bits per heavy atom. The maximum Gasteiger partial charge on any atom is 0.250 e. The van der Waals surface area contributed by atoms with Crippen molar-refractivity contribution < 1.29 is 9.53 Å². The predicted molar refractivity (Wildman–Crippen MR) is 145 cm³/mol. The van der Waals surface area contributed by atoms with E-state index in [2.05, 4.69) is 10.2 Å². The zero-order chi connectivity index (χ0) is 24.4. The highest BCUT2D eigenvalue weighted by Crippen LogP contribution is 2.36. The lowest BCUT2D eigenvalue weighted by molar-refractivity contribution is -0.113. The molecule has 1 aromatic heterocycles. The Bertz CT molecular complexity index is 1290. The van der Waals surface area contributed by atoms with Crippen molar-refractivity contribution in [3.63, 3.8) is 0 Å². The third-order valence-electron chi connectivity index (χ3n) is 6.25. The molecule has 6 nitrogen and oxygen atoms in total. The maximum absolute atomic E-state index is 12.5. The second-order valence-electron chi connectivity index (χ2n) is 8.79. The summed E-state index contributed by atoms with van der Waals surface area (Å²) in [7, 11) is 0. The molecule has 0 aliphatic carbocycles. The average molecular weight is 526 g/mol. The van der Waals surface area contributed by atoms with E-state index in [1.165, 1.54) is 11.8 Å². The quantitative estimate of drug-likeness (QED) is 0.452. The van der Waals surface area contributed by atoms with Gasteiger partial charge in [-0.3, -0.25) is 9.59 Å². The summed E-state index contributed by atoms with van der Waals surface area (Å²) in [5, 5.41) is 3.56. The minimum absolute atomic E-state index is 0.0730. The van der Waals surface area contributed by atoms with Crippen molar-refractivity contribution in [2.24, 2.45) is 5.92 Å². The van der Waals surface area contributed by atoms with E-state index in [1.807, 2.05) is 16.7 Å². The lowest BCUT2D eigenvalue weighted by Crippen LogP contribution is -2.48. The van der Waals surface area contributed by atoms with Crippen LogP contribution in [0.25, 0.3) is 0 Å². The largest absolute Gasteiger partial charge is 0.457 e. The first-order valence-corrected chi connectivity index (χ1v) is 13.2. The zero-order valence-corrected chi connectivity index (χ0v) is 21.2. The second kappa shape index (κ2) is 10.4. The molecule has 2 bridgehead atoms. The minimum Gasteiger partial charge on any atom is -0.457 e. The van der Waals surface area contributed by atoms with E-state index in [0.29, 0.717) is 28.1 Å². The molecule has 3 aromatic rings. The van der Waals surface area contributed by atoms with E-state index in [-0.39, 0.29) is 23.1 Å². The van der Waals surface area contributed by atoms with Crippen molar-refractivity contribution in [3.05, 3.63) is 87.8 Å². The van der Waals surface area contributed by atoms with Crippen LogP contribution < -0.4 is 15.6 Å². The fourth-order valence-electron chi connectivity index (χ4n) is 4.71. The molecule has 0 unspecified atom stereocenters. The van der Waals surface area contributed by atoms with E-state index in [0.717, 1.165) is 36.1 Å². The smallest absolute Gasteiger partial charge is 0.250 e. The number of carbonyl (C=O) groups excluding carboxylic acids is 1. The third kappa shape index (κ3) is 5.72. The number of piperidine rings is 1. The van der Waals surface area contributed by atoms with Gasteiger partial charge >= 0.3 is 0 Å². The normalized spacial score (nSPS) is 18.5. The van der Waals surface area contributed by atoms with Gasteiger partial charge in [0, 0.05) is 48.0 Å². The number of amides is 1. The third-order valence-corrected chi connectivity index (χ3v) is 8.03. The Balaban J connectivity index is 1.11. The number of aromatic nitrogens is 1. The summed E-state index contributed by atoms with van der Waals surface area (Å²) in [6, 6.07) is 19.8. The molecular formula is C26H24ClN3O3S2. The number of benzene rings is 2. The number of fused-ring (bicyclic) bond motifs is 4. The standard InChI is InChI=1S/C26H24ClN3O3S2/c27-19-4-8-21(9-5-19)33-22-10-6-20(7-11-22)28-24(31)16-35-26(34)29-13-17-12-18(15-29)23-2-1-3-25(32)30(23)14-17/h1-11,17-18H,12-16H2,(H,28,31)/t17-,18+/m0/s1. The molecule has 2 aliphatic rings. The van der Waals surface area contributed by atoms with E-state index >= 15 is 0 Å². The van der Waals surface area contributed by atoms with Crippen LogP contribution in [0.2, 0.25) is 5.02 Å². The predicted octanol–water partition coefficient (Wildman–Crippen LogP) is 5.37. The summed E-state index contributed by atoms with van der Waals surface area (Å²) < 4.78 is 8.42. The van der Waals surface area contributed by atoms with E-state index in [9.17, 15) is 9.59 Å². The SMILES string of the molecule is O=C(CSC(=S)N1C[C@@H]2C[C@H](C1)c1cccc(=O)n1C2)Nc1ccc(Oc2ccc(Cl)cc2)cc1. The van der Waals surface area contributed by atoms with Gasteiger partial charge in [-0.1, -0.05) is 41.6 Å². The number of likely N-dealkylation sites (tertiary alicyclic amines) is 1. The Labute approximate surface area is 218 Å². The van der Waals surface area contributed by atoms with Crippen molar-refractivity contribution in [2.45, 2.75) is 18.9 Å². The summed E-state index contributed by atoms with van der Waals surface area (Å²) in [5.74, 6) is 2.16. The van der Waals surface area contributed by atoms with Crippen LogP contribution in [0, 0.1) is 5.92 Å². The first-order chi connectivity index (χ1) is 16.9. The highest BCUT2D eigenvalue weighted by atomic mass is 35.5. The molecule has 2 aliphatic heterocycles. The Kier molecular flexibility index (Phi) is 7.13. The van der Waals surface area contributed by atoms with Crippen molar-refractivity contribution in [1.82, 2.24) is 9.47 Å². The number of hydrogen-bond donors (Lipinski definition) is 1. The molecule has 9 heteroatoms. The summed E-state index contributed by atoms with van der Waals surface area (Å²) in [6.07, 6.45) is 1.07. The number of ether oxygens (including phenoxy) is 1. The average Bonchev–Trinajstić information content (AvgIpc) is 2.86. The van der Waals surface area contributed by atoms with Gasteiger partial charge in [-0.25, -0.2) is 0 Å². The molecule has 0 saturated carbocycles. The van der Waals surface area contributed by atoms with E-state index in [1.54, 1.807) is 54.6 Å². The number of nitrogens with zero attached hydrogens (tertiary/aromatic N) is 2. The molecule has 1 saturated heterocycles. The van der Waals surface area contributed by atoms with Gasteiger partial charge in [0.05, 0.1) is 5.75 Å². The van der Waals surface area contributed by atoms with Gasteiger partial charge in [-0.2, -0.15) is 0 Å². The molecule has 1 amide bonds. The molecule has 180 valence electrons. The molecule has 2 atom stereocenters. The van der Waals surface area contributed by atoms with Crippen molar-refractivity contribution in [1.29, 1.82) is 0 Å². The molecule has 0 spiro atoms. The molecule has 35 heavy (non-hydrogen) atoms. The number of pyridine rings is 1. The van der Waals surface area contributed by atoms with Crippen LogP contribution in [0.1, 0.15) is 18.0 Å². The molecule has 2 aromatic carbocycles. The number of nitrogens with one attached hydrogen (secondary N) is 1. The van der Waals surface area contributed by atoms with Crippen LogP contribution in [0.3, 0.4) is 0 Å². The van der Waals surface area contributed by atoms with Gasteiger partial charge in [0.25, 0.3) is 5.56 Å². The zero-order valence-electron chi connectivity index (χ0n) is 18.9. The number of anilines is 1. The number of thioether (sulfide) groups is 1. The second-order valence-corrected chi connectivity index (χ2v) is 10.8. The van der Waals surface area contributed by atoms with Gasteiger partial charge in [0.15, 0.2) is 0 Å².